The van der Waals surface area contributed by atoms with Crippen molar-refractivity contribution in [3.8, 4) is 0 Å². The van der Waals surface area contributed by atoms with E-state index in [1.54, 1.807) is 0 Å². The second-order valence-corrected chi connectivity index (χ2v) is 6.95. The lowest BCUT2D eigenvalue weighted by Crippen LogP contribution is -2.52. The van der Waals surface area contributed by atoms with Crippen molar-refractivity contribution >= 4 is 0 Å². The maximum Gasteiger partial charge on any atom is 0.0480 e. The van der Waals surface area contributed by atoms with Gasteiger partial charge in [-0.05, 0) is 46.6 Å². The standard InChI is InChI=1S/C15H32N2O/c1-12(2)14(11-16-15(3,4)5)17(6)13-7-9-18-10-8-13/h12-14,16H,7-11H2,1-6H3. The first-order valence-electron chi connectivity index (χ1n) is 7.36. The molecular formula is C15H32N2O. The molecule has 0 radical (unpaired) electrons. The van der Waals surface area contributed by atoms with Crippen molar-refractivity contribution in [2.75, 3.05) is 26.8 Å². The van der Waals surface area contributed by atoms with Crippen LogP contribution >= 0.6 is 0 Å². The predicted molar refractivity (Wildman–Crippen MR) is 78.0 cm³/mol. The normalized spacial score (nSPS) is 20.7. The Hall–Kier alpha value is -0.120. The molecule has 0 aromatic heterocycles. The Balaban J connectivity index is 2.54. The summed E-state index contributed by atoms with van der Waals surface area (Å²) in [5.41, 5.74) is 0.198. The lowest BCUT2D eigenvalue weighted by atomic mass is 9.97. The van der Waals surface area contributed by atoms with Crippen LogP contribution in [0.3, 0.4) is 0 Å². The van der Waals surface area contributed by atoms with Crippen LogP contribution in [0.2, 0.25) is 0 Å². The third-order valence-electron chi connectivity index (χ3n) is 3.90. The van der Waals surface area contributed by atoms with E-state index < -0.39 is 0 Å². The van der Waals surface area contributed by atoms with Crippen LogP contribution in [-0.4, -0.2) is 49.3 Å². The molecular weight excluding hydrogens is 224 g/mol. The van der Waals surface area contributed by atoms with Gasteiger partial charge in [-0.25, -0.2) is 0 Å². The highest BCUT2D eigenvalue weighted by molar-refractivity contribution is 4.84. The van der Waals surface area contributed by atoms with E-state index in [4.69, 9.17) is 4.74 Å². The summed E-state index contributed by atoms with van der Waals surface area (Å²) >= 11 is 0. The van der Waals surface area contributed by atoms with Crippen LogP contribution in [0.4, 0.5) is 0 Å². The zero-order valence-electron chi connectivity index (χ0n) is 13.1. The largest absolute Gasteiger partial charge is 0.381 e. The molecule has 0 spiro atoms. The topological polar surface area (TPSA) is 24.5 Å². The Morgan fingerprint density at radius 1 is 1.22 bits per heavy atom. The van der Waals surface area contributed by atoms with Gasteiger partial charge in [0.25, 0.3) is 0 Å². The van der Waals surface area contributed by atoms with Crippen molar-refractivity contribution in [1.82, 2.24) is 10.2 Å². The molecule has 1 aliphatic rings. The Morgan fingerprint density at radius 3 is 2.22 bits per heavy atom. The molecule has 0 aliphatic carbocycles. The minimum absolute atomic E-state index is 0.198. The van der Waals surface area contributed by atoms with Gasteiger partial charge in [-0.2, -0.15) is 0 Å². The molecule has 0 amide bonds. The van der Waals surface area contributed by atoms with Crippen molar-refractivity contribution in [3.05, 3.63) is 0 Å². The summed E-state index contributed by atoms with van der Waals surface area (Å²) in [6.45, 7) is 14.3. The van der Waals surface area contributed by atoms with Gasteiger partial charge in [0, 0.05) is 37.4 Å². The maximum atomic E-state index is 5.46. The van der Waals surface area contributed by atoms with Crippen LogP contribution in [0, 0.1) is 5.92 Å². The molecule has 18 heavy (non-hydrogen) atoms. The van der Waals surface area contributed by atoms with Gasteiger partial charge in [0.1, 0.15) is 0 Å². The molecule has 3 heteroatoms. The number of hydrogen-bond acceptors (Lipinski definition) is 3. The highest BCUT2D eigenvalue weighted by Crippen LogP contribution is 2.19. The molecule has 1 fully saturated rings. The van der Waals surface area contributed by atoms with Crippen LogP contribution in [0.15, 0.2) is 0 Å². The Kier molecular flexibility index (Phi) is 6.09. The molecule has 3 nitrogen and oxygen atoms in total. The molecule has 1 saturated heterocycles. The summed E-state index contributed by atoms with van der Waals surface area (Å²) in [5, 5.41) is 3.65. The number of rotatable bonds is 5. The van der Waals surface area contributed by atoms with Crippen LogP contribution < -0.4 is 5.32 Å². The average Bonchev–Trinajstić information content (AvgIpc) is 2.28. The molecule has 1 rings (SSSR count). The first-order chi connectivity index (χ1) is 8.31. The van der Waals surface area contributed by atoms with Crippen molar-refractivity contribution in [2.24, 2.45) is 5.92 Å². The van der Waals surface area contributed by atoms with E-state index in [0.29, 0.717) is 18.0 Å². The quantitative estimate of drug-likeness (QED) is 0.818. The molecule has 1 unspecified atom stereocenters. The van der Waals surface area contributed by atoms with Gasteiger partial charge < -0.3 is 10.1 Å². The van der Waals surface area contributed by atoms with Gasteiger partial charge in [0.05, 0.1) is 0 Å². The smallest absolute Gasteiger partial charge is 0.0480 e. The number of ether oxygens (including phenoxy) is 1. The van der Waals surface area contributed by atoms with E-state index in [1.165, 1.54) is 12.8 Å². The molecule has 1 N–H and O–H groups in total. The molecule has 1 heterocycles. The van der Waals surface area contributed by atoms with E-state index in [0.717, 1.165) is 19.8 Å². The minimum Gasteiger partial charge on any atom is -0.381 e. The van der Waals surface area contributed by atoms with Crippen molar-refractivity contribution in [2.45, 2.75) is 65.1 Å². The van der Waals surface area contributed by atoms with Gasteiger partial charge in [-0.15, -0.1) is 0 Å². The monoisotopic (exact) mass is 256 g/mol. The number of likely N-dealkylation sites (N-methyl/N-ethyl adjacent to an activating group) is 1. The zero-order chi connectivity index (χ0) is 13.8. The summed E-state index contributed by atoms with van der Waals surface area (Å²) in [4.78, 5) is 2.58. The number of nitrogens with one attached hydrogen (secondary N) is 1. The lowest BCUT2D eigenvalue weighted by Gasteiger charge is -2.40. The second-order valence-electron chi connectivity index (χ2n) is 6.95. The van der Waals surface area contributed by atoms with Gasteiger partial charge in [0.15, 0.2) is 0 Å². The fourth-order valence-corrected chi connectivity index (χ4v) is 2.62. The fraction of sp³-hybridized carbons (Fsp3) is 1.00. The average molecular weight is 256 g/mol. The molecule has 0 aromatic carbocycles. The van der Waals surface area contributed by atoms with Crippen LogP contribution in [0.25, 0.3) is 0 Å². The van der Waals surface area contributed by atoms with E-state index >= 15 is 0 Å². The summed E-state index contributed by atoms with van der Waals surface area (Å²) in [7, 11) is 2.28. The second kappa shape index (κ2) is 6.88. The summed E-state index contributed by atoms with van der Waals surface area (Å²) < 4.78 is 5.46. The highest BCUT2D eigenvalue weighted by atomic mass is 16.5. The van der Waals surface area contributed by atoms with Crippen LogP contribution in [0.5, 0.6) is 0 Å². The van der Waals surface area contributed by atoms with Crippen molar-refractivity contribution in [3.63, 3.8) is 0 Å². The summed E-state index contributed by atoms with van der Waals surface area (Å²) in [6.07, 6.45) is 2.35. The van der Waals surface area contributed by atoms with Gasteiger partial charge >= 0.3 is 0 Å². The van der Waals surface area contributed by atoms with E-state index in [-0.39, 0.29) is 5.54 Å². The Labute approximate surface area is 113 Å². The number of hydrogen-bond donors (Lipinski definition) is 1. The Bertz CT molecular complexity index is 229. The third kappa shape index (κ3) is 5.25. The van der Waals surface area contributed by atoms with E-state index in [9.17, 15) is 0 Å². The first-order valence-corrected chi connectivity index (χ1v) is 7.36. The highest BCUT2D eigenvalue weighted by Gasteiger charge is 2.27. The van der Waals surface area contributed by atoms with Gasteiger partial charge in [-0.3, -0.25) is 4.90 Å². The molecule has 0 aromatic rings. The van der Waals surface area contributed by atoms with Gasteiger partial charge in [0.2, 0.25) is 0 Å². The summed E-state index contributed by atoms with van der Waals surface area (Å²) in [6, 6.07) is 1.29. The van der Waals surface area contributed by atoms with E-state index in [2.05, 4.69) is 51.9 Å². The molecule has 0 bridgehead atoms. The molecule has 1 aliphatic heterocycles. The zero-order valence-corrected chi connectivity index (χ0v) is 13.1. The minimum atomic E-state index is 0.198. The SMILES string of the molecule is CC(C)C(CNC(C)(C)C)N(C)C1CCOCC1. The van der Waals surface area contributed by atoms with Gasteiger partial charge in [-0.1, -0.05) is 13.8 Å². The van der Waals surface area contributed by atoms with Crippen LogP contribution in [0.1, 0.15) is 47.5 Å². The van der Waals surface area contributed by atoms with Crippen molar-refractivity contribution < 1.29 is 4.74 Å². The van der Waals surface area contributed by atoms with Crippen molar-refractivity contribution in [1.29, 1.82) is 0 Å². The maximum absolute atomic E-state index is 5.46. The third-order valence-corrected chi connectivity index (χ3v) is 3.90. The van der Waals surface area contributed by atoms with Crippen LogP contribution in [-0.2, 0) is 4.74 Å². The first kappa shape index (κ1) is 15.9. The summed E-state index contributed by atoms with van der Waals surface area (Å²) in [5.74, 6) is 0.674. The molecule has 108 valence electrons. The number of nitrogens with zero attached hydrogens (tertiary/aromatic N) is 1. The Morgan fingerprint density at radius 2 is 1.78 bits per heavy atom. The lowest BCUT2D eigenvalue weighted by molar-refractivity contribution is 0.0192. The predicted octanol–water partition coefficient (Wildman–Crippen LogP) is 2.51. The molecule has 1 atom stereocenters. The molecule has 0 saturated carbocycles. The fourth-order valence-electron chi connectivity index (χ4n) is 2.62. The van der Waals surface area contributed by atoms with E-state index in [1.807, 2.05) is 0 Å².